The zero-order valence-electron chi connectivity index (χ0n) is 11.5. The molecule has 20 heavy (non-hydrogen) atoms. The monoisotopic (exact) mass is 298 g/mol. The van der Waals surface area contributed by atoms with E-state index >= 15 is 0 Å². The highest BCUT2D eigenvalue weighted by molar-refractivity contribution is 6.31. The van der Waals surface area contributed by atoms with Gasteiger partial charge in [0.25, 0.3) is 5.69 Å². The molecule has 1 aromatic rings. The minimum absolute atomic E-state index is 0.0367. The topological polar surface area (TPSA) is 55.6 Å². The molecule has 1 aliphatic heterocycles. The number of nitro groups is 1. The molecule has 0 radical (unpaired) electrons. The number of benzene rings is 1. The van der Waals surface area contributed by atoms with Crippen LogP contribution in [-0.4, -0.2) is 36.6 Å². The molecular formula is C14H19ClN2O3. The van der Waals surface area contributed by atoms with Crippen LogP contribution in [0.4, 0.5) is 5.69 Å². The number of piperidine rings is 1. The normalized spacial score (nSPS) is 20.0. The largest absolute Gasteiger partial charge is 0.384 e. The van der Waals surface area contributed by atoms with Crippen molar-refractivity contribution >= 4 is 17.3 Å². The Morgan fingerprint density at radius 1 is 1.55 bits per heavy atom. The van der Waals surface area contributed by atoms with E-state index in [1.165, 1.54) is 18.6 Å². The van der Waals surface area contributed by atoms with Crippen molar-refractivity contribution in [3.8, 4) is 0 Å². The van der Waals surface area contributed by atoms with Crippen LogP contribution in [-0.2, 0) is 11.3 Å². The van der Waals surface area contributed by atoms with E-state index in [0.29, 0.717) is 10.9 Å². The maximum Gasteiger partial charge on any atom is 0.270 e. The van der Waals surface area contributed by atoms with Crippen molar-refractivity contribution in [2.24, 2.45) is 5.92 Å². The first-order valence-corrected chi connectivity index (χ1v) is 7.12. The quantitative estimate of drug-likeness (QED) is 0.619. The van der Waals surface area contributed by atoms with Crippen molar-refractivity contribution < 1.29 is 9.66 Å². The van der Waals surface area contributed by atoms with Crippen molar-refractivity contribution in [3.63, 3.8) is 0 Å². The summed E-state index contributed by atoms with van der Waals surface area (Å²) in [5.74, 6) is 0.561. The van der Waals surface area contributed by atoms with Crippen LogP contribution in [0.1, 0.15) is 18.4 Å². The molecule has 1 fully saturated rings. The number of nitrogens with zero attached hydrogens (tertiary/aromatic N) is 2. The zero-order chi connectivity index (χ0) is 14.5. The van der Waals surface area contributed by atoms with Crippen LogP contribution in [0.5, 0.6) is 0 Å². The van der Waals surface area contributed by atoms with Crippen LogP contribution in [0.2, 0.25) is 5.02 Å². The van der Waals surface area contributed by atoms with Gasteiger partial charge in [0.15, 0.2) is 0 Å². The van der Waals surface area contributed by atoms with Crippen molar-refractivity contribution in [3.05, 3.63) is 38.9 Å². The molecule has 0 amide bonds. The number of ether oxygens (including phenoxy) is 1. The molecular weight excluding hydrogens is 280 g/mol. The van der Waals surface area contributed by atoms with Gasteiger partial charge in [-0.05, 0) is 36.9 Å². The van der Waals surface area contributed by atoms with Crippen LogP contribution in [0.25, 0.3) is 0 Å². The summed E-state index contributed by atoms with van der Waals surface area (Å²) in [6.45, 7) is 3.54. The molecule has 0 saturated carbocycles. The van der Waals surface area contributed by atoms with Crippen molar-refractivity contribution in [2.75, 3.05) is 26.8 Å². The van der Waals surface area contributed by atoms with Gasteiger partial charge in [-0.3, -0.25) is 15.0 Å². The Kier molecular flexibility index (Phi) is 5.34. The molecule has 6 heteroatoms. The summed E-state index contributed by atoms with van der Waals surface area (Å²) in [7, 11) is 1.73. The lowest BCUT2D eigenvalue weighted by Gasteiger charge is -2.32. The molecule has 5 nitrogen and oxygen atoms in total. The Morgan fingerprint density at radius 2 is 2.35 bits per heavy atom. The van der Waals surface area contributed by atoms with Gasteiger partial charge in [0.2, 0.25) is 0 Å². The van der Waals surface area contributed by atoms with E-state index in [0.717, 1.165) is 38.2 Å². The number of halogens is 1. The first kappa shape index (κ1) is 15.2. The lowest BCUT2D eigenvalue weighted by Crippen LogP contribution is -2.36. The predicted molar refractivity (Wildman–Crippen MR) is 78.0 cm³/mol. The van der Waals surface area contributed by atoms with E-state index < -0.39 is 4.92 Å². The van der Waals surface area contributed by atoms with E-state index in [1.54, 1.807) is 13.2 Å². The number of hydrogen-bond donors (Lipinski definition) is 0. The summed E-state index contributed by atoms with van der Waals surface area (Å²) in [4.78, 5) is 12.6. The Balaban J connectivity index is 2.00. The highest BCUT2D eigenvalue weighted by Crippen LogP contribution is 2.25. The molecule has 1 saturated heterocycles. The van der Waals surface area contributed by atoms with Gasteiger partial charge in [-0.1, -0.05) is 11.6 Å². The zero-order valence-corrected chi connectivity index (χ0v) is 12.3. The average molecular weight is 299 g/mol. The Labute approximate surface area is 123 Å². The Bertz CT molecular complexity index is 479. The van der Waals surface area contributed by atoms with Crippen LogP contribution >= 0.6 is 11.6 Å². The van der Waals surface area contributed by atoms with Gasteiger partial charge in [-0.15, -0.1) is 0 Å². The Morgan fingerprint density at radius 3 is 3.00 bits per heavy atom. The summed E-state index contributed by atoms with van der Waals surface area (Å²) in [6, 6.07) is 4.69. The average Bonchev–Trinajstić information content (AvgIpc) is 2.42. The second kappa shape index (κ2) is 7.02. The highest BCUT2D eigenvalue weighted by Gasteiger charge is 2.21. The van der Waals surface area contributed by atoms with Gasteiger partial charge < -0.3 is 4.74 Å². The molecule has 1 aromatic carbocycles. The maximum atomic E-state index is 10.7. The van der Waals surface area contributed by atoms with Crippen LogP contribution in [0, 0.1) is 16.0 Å². The minimum Gasteiger partial charge on any atom is -0.384 e. The fourth-order valence-electron chi connectivity index (χ4n) is 2.69. The summed E-state index contributed by atoms with van der Waals surface area (Å²) in [5.41, 5.74) is 0.977. The predicted octanol–water partition coefficient (Wildman–Crippen LogP) is 3.11. The van der Waals surface area contributed by atoms with E-state index in [9.17, 15) is 10.1 Å². The second-order valence-electron chi connectivity index (χ2n) is 5.23. The molecule has 0 N–H and O–H groups in total. The fourth-order valence-corrected chi connectivity index (χ4v) is 2.92. The number of non-ortho nitro benzene ring substituents is 1. The number of hydrogen-bond acceptors (Lipinski definition) is 4. The van der Waals surface area contributed by atoms with Crippen molar-refractivity contribution in [2.45, 2.75) is 19.4 Å². The molecule has 2 rings (SSSR count). The summed E-state index contributed by atoms with van der Waals surface area (Å²) < 4.78 is 5.22. The first-order chi connectivity index (χ1) is 9.60. The Hall–Kier alpha value is -1.17. The van der Waals surface area contributed by atoms with Crippen LogP contribution < -0.4 is 0 Å². The van der Waals surface area contributed by atoms with Gasteiger partial charge in [0.1, 0.15) is 0 Å². The summed E-state index contributed by atoms with van der Waals surface area (Å²) >= 11 is 6.13. The third kappa shape index (κ3) is 3.91. The summed E-state index contributed by atoms with van der Waals surface area (Å²) in [6.07, 6.45) is 2.34. The molecule has 0 unspecified atom stereocenters. The van der Waals surface area contributed by atoms with Crippen LogP contribution in [0.15, 0.2) is 18.2 Å². The van der Waals surface area contributed by atoms with Crippen molar-refractivity contribution in [1.29, 1.82) is 0 Å². The second-order valence-corrected chi connectivity index (χ2v) is 5.64. The molecule has 0 aromatic heterocycles. The molecule has 1 aliphatic rings. The van der Waals surface area contributed by atoms with E-state index in [2.05, 4.69) is 4.90 Å². The molecule has 0 spiro atoms. The van der Waals surface area contributed by atoms with Gasteiger partial charge in [0, 0.05) is 32.3 Å². The minimum atomic E-state index is -0.425. The summed E-state index contributed by atoms with van der Waals surface area (Å²) in [5, 5.41) is 11.2. The smallest absolute Gasteiger partial charge is 0.270 e. The molecule has 110 valence electrons. The lowest BCUT2D eigenvalue weighted by atomic mass is 9.98. The highest BCUT2D eigenvalue weighted by atomic mass is 35.5. The van der Waals surface area contributed by atoms with Crippen molar-refractivity contribution in [1.82, 2.24) is 4.90 Å². The lowest BCUT2D eigenvalue weighted by molar-refractivity contribution is -0.384. The number of methoxy groups -OCH3 is 1. The number of likely N-dealkylation sites (tertiary alicyclic amines) is 1. The molecule has 0 bridgehead atoms. The molecule has 1 atom stereocenters. The standard InChI is InChI=1S/C14H19ClN2O3/c1-20-10-11-3-2-6-16(8-11)9-12-4-5-13(17(18)19)7-14(12)15/h4-5,7,11H,2-3,6,8-10H2,1H3/t11-/m1/s1. The number of nitro benzene ring substituents is 1. The first-order valence-electron chi connectivity index (χ1n) is 6.74. The van der Waals surface area contributed by atoms with Gasteiger partial charge >= 0.3 is 0 Å². The van der Waals surface area contributed by atoms with E-state index in [-0.39, 0.29) is 5.69 Å². The number of rotatable bonds is 5. The molecule has 1 heterocycles. The van der Waals surface area contributed by atoms with Crippen LogP contribution in [0.3, 0.4) is 0 Å². The third-order valence-corrected chi connectivity index (χ3v) is 4.00. The SMILES string of the molecule is COC[C@@H]1CCCN(Cc2ccc([N+](=O)[O-])cc2Cl)C1. The van der Waals surface area contributed by atoms with Gasteiger partial charge in [-0.2, -0.15) is 0 Å². The third-order valence-electron chi connectivity index (χ3n) is 3.65. The molecule has 0 aliphatic carbocycles. The van der Waals surface area contributed by atoms with Gasteiger partial charge in [0.05, 0.1) is 16.6 Å². The van der Waals surface area contributed by atoms with E-state index in [1.807, 2.05) is 0 Å². The fraction of sp³-hybridized carbons (Fsp3) is 0.571. The maximum absolute atomic E-state index is 10.7. The van der Waals surface area contributed by atoms with E-state index in [4.69, 9.17) is 16.3 Å². The van der Waals surface area contributed by atoms with Gasteiger partial charge in [-0.25, -0.2) is 0 Å².